The minimum Gasteiger partial charge on any atom is -0.497 e. The summed E-state index contributed by atoms with van der Waals surface area (Å²) in [7, 11) is 3.33. The summed E-state index contributed by atoms with van der Waals surface area (Å²) in [6.07, 6.45) is 0.767. The first-order chi connectivity index (χ1) is 12.7. The van der Waals surface area contributed by atoms with Crippen LogP contribution in [0.25, 0.3) is 0 Å². The second kappa shape index (κ2) is 8.77. The van der Waals surface area contributed by atoms with E-state index in [1.807, 2.05) is 60.7 Å². The lowest BCUT2D eigenvalue weighted by Gasteiger charge is -2.14. The summed E-state index contributed by atoms with van der Waals surface area (Å²) in [4.78, 5) is 0. The Hall–Kier alpha value is -2.46. The van der Waals surface area contributed by atoms with Gasteiger partial charge >= 0.3 is 0 Å². The van der Waals surface area contributed by atoms with Gasteiger partial charge in [0.25, 0.3) is 0 Å². The highest BCUT2D eigenvalue weighted by atomic mass is 79.9. The van der Waals surface area contributed by atoms with E-state index < -0.39 is 0 Å². The maximum absolute atomic E-state index is 6.02. The van der Waals surface area contributed by atoms with Crippen molar-refractivity contribution in [2.45, 2.75) is 13.0 Å². The lowest BCUT2D eigenvalue weighted by molar-refractivity contribution is 0.284. The third-order valence-electron chi connectivity index (χ3n) is 4.10. The van der Waals surface area contributed by atoms with E-state index in [0.717, 1.165) is 33.5 Å². The summed E-state index contributed by atoms with van der Waals surface area (Å²) in [5, 5.41) is 0. The molecule has 0 saturated heterocycles. The van der Waals surface area contributed by atoms with E-state index in [4.69, 9.17) is 14.2 Å². The summed E-state index contributed by atoms with van der Waals surface area (Å²) in [6, 6.07) is 22.2. The number of hydrogen-bond acceptors (Lipinski definition) is 3. The Balaban J connectivity index is 1.83. The number of rotatable bonds is 7. The molecule has 0 amide bonds. The van der Waals surface area contributed by atoms with Crippen LogP contribution in [0, 0.1) is 0 Å². The Morgan fingerprint density at radius 1 is 0.769 bits per heavy atom. The highest BCUT2D eigenvalue weighted by Gasteiger charge is 2.12. The zero-order valence-electron chi connectivity index (χ0n) is 14.9. The normalized spacial score (nSPS) is 10.4. The van der Waals surface area contributed by atoms with Gasteiger partial charge < -0.3 is 14.2 Å². The maximum atomic E-state index is 6.02. The van der Waals surface area contributed by atoms with Crippen molar-refractivity contribution in [3.63, 3.8) is 0 Å². The molecule has 3 aromatic rings. The van der Waals surface area contributed by atoms with Gasteiger partial charge in [0.05, 0.1) is 14.2 Å². The SMILES string of the molecule is COc1cccc(Cc2cc(OCc3ccccc3)c(OC)cc2Br)c1. The molecule has 0 unspecified atom stereocenters. The maximum Gasteiger partial charge on any atom is 0.162 e. The Bertz CT molecular complexity index is 863. The van der Waals surface area contributed by atoms with Crippen molar-refractivity contribution >= 4 is 15.9 Å². The predicted octanol–water partition coefficient (Wildman–Crippen LogP) is 5.64. The van der Waals surface area contributed by atoms with Crippen molar-refractivity contribution in [2.75, 3.05) is 14.2 Å². The van der Waals surface area contributed by atoms with E-state index in [1.165, 1.54) is 5.56 Å². The summed E-state index contributed by atoms with van der Waals surface area (Å²) < 4.78 is 17.8. The van der Waals surface area contributed by atoms with Crippen LogP contribution >= 0.6 is 15.9 Å². The van der Waals surface area contributed by atoms with Crippen LogP contribution in [0.15, 0.2) is 71.2 Å². The second-order valence-corrected chi connectivity index (χ2v) is 6.75. The molecule has 0 aliphatic heterocycles. The number of methoxy groups -OCH3 is 2. The molecule has 3 rings (SSSR count). The van der Waals surface area contributed by atoms with E-state index in [0.29, 0.717) is 12.4 Å². The monoisotopic (exact) mass is 412 g/mol. The summed E-state index contributed by atoms with van der Waals surface area (Å²) >= 11 is 3.64. The largest absolute Gasteiger partial charge is 0.497 e. The van der Waals surface area contributed by atoms with Gasteiger partial charge in [0.15, 0.2) is 11.5 Å². The summed E-state index contributed by atoms with van der Waals surface area (Å²) in [5.74, 6) is 2.30. The molecule has 3 aromatic carbocycles. The van der Waals surface area contributed by atoms with Gasteiger partial charge in [0.1, 0.15) is 12.4 Å². The van der Waals surface area contributed by atoms with Crippen LogP contribution in [-0.2, 0) is 13.0 Å². The molecule has 0 fully saturated rings. The molecule has 0 bridgehead atoms. The van der Waals surface area contributed by atoms with E-state index in [2.05, 4.69) is 22.0 Å². The number of ether oxygens (including phenoxy) is 3. The van der Waals surface area contributed by atoms with Crippen LogP contribution in [0.1, 0.15) is 16.7 Å². The van der Waals surface area contributed by atoms with Gasteiger partial charge in [0.2, 0.25) is 0 Å². The highest BCUT2D eigenvalue weighted by molar-refractivity contribution is 9.10. The van der Waals surface area contributed by atoms with Crippen molar-refractivity contribution < 1.29 is 14.2 Å². The fourth-order valence-electron chi connectivity index (χ4n) is 2.72. The zero-order chi connectivity index (χ0) is 18.4. The smallest absolute Gasteiger partial charge is 0.162 e. The summed E-state index contributed by atoms with van der Waals surface area (Å²) in [6.45, 7) is 0.497. The molecule has 0 spiro atoms. The lowest BCUT2D eigenvalue weighted by atomic mass is 10.0. The van der Waals surface area contributed by atoms with Crippen molar-refractivity contribution in [3.05, 3.63) is 87.9 Å². The van der Waals surface area contributed by atoms with Crippen molar-refractivity contribution in [1.82, 2.24) is 0 Å². The number of halogens is 1. The molecule has 0 radical (unpaired) electrons. The molecule has 0 heterocycles. The van der Waals surface area contributed by atoms with Crippen LogP contribution in [0.3, 0.4) is 0 Å². The van der Waals surface area contributed by atoms with E-state index in [-0.39, 0.29) is 0 Å². The molecule has 0 aliphatic rings. The minimum atomic E-state index is 0.497. The van der Waals surface area contributed by atoms with Gasteiger partial charge in [0, 0.05) is 4.47 Å². The average Bonchev–Trinajstić information content (AvgIpc) is 2.69. The zero-order valence-corrected chi connectivity index (χ0v) is 16.5. The lowest BCUT2D eigenvalue weighted by Crippen LogP contribution is -2.00. The van der Waals surface area contributed by atoms with Crippen LogP contribution in [0.4, 0.5) is 0 Å². The van der Waals surface area contributed by atoms with Gasteiger partial charge in [-0.25, -0.2) is 0 Å². The van der Waals surface area contributed by atoms with Gasteiger partial charge in [-0.05, 0) is 47.4 Å². The molecule has 3 nitrogen and oxygen atoms in total. The topological polar surface area (TPSA) is 27.7 Å². The van der Waals surface area contributed by atoms with E-state index >= 15 is 0 Å². The quantitative estimate of drug-likeness (QED) is 0.502. The van der Waals surface area contributed by atoms with E-state index in [1.54, 1.807) is 14.2 Å². The highest BCUT2D eigenvalue weighted by Crippen LogP contribution is 2.35. The van der Waals surface area contributed by atoms with Crippen molar-refractivity contribution in [3.8, 4) is 17.2 Å². The second-order valence-electron chi connectivity index (χ2n) is 5.90. The molecule has 0 saturated carbocycles. The Morgan fingerprint density at radius 3 is 2.27 bits per heavy atom. The first kappa shape index (κ1) is 18.3. The first-order valence-electron chi connectivity index (χ1n) is 8.35. The molecule has 4 heteroatoms. The van der Waals surface area contributed by atoms with Gasteiger partial charge in [-0.15, -0.1) is 0 Å². The molecule has 0 N–H and O–H groups in total. The molecule has 0 atom stereocenters. The van der Waals surface area contributed by atoms with Gasteiger partial charge in [-0.2, -0.15) is 0 Å². The molecule has 26 heavy (non-hydrogen) atoms. The number of benzene rings is 3. The fourth-order valence-corrected chi connectivity index (χ4v) is 3.19. The van der Waals surface area contributed by atoms with Crippen molar-refractivity contribution in [2.24, 2.45) is 0 Å². The average molecular weight is 413 g/mol. The Kier molecular flexibility index (Phi) is 6.18. The third-order valence-corrected chi connectivity index (χ3v) is 4.84. The van der Waals surface area contributed by atoms with E-state index in [9.17, 15) is 0 Å². The minimum absolute atomic E-state index is 0.497. The van der Waals surface area contributed by atoms with Crippen LogP contribution < -0.4 is 14.2 Å². The fraction of sp³-hybridized carbons (Fsp3) is 0.182. The predicted molar refractivity (Wildman–Crippen MR) is 107 cm³/mol. The molecule has 134 valence electrons. The Morgan fingerprint density at radius 2 is 1.54 bits per heavy atom. The summed E-state index contributed by atoms with van der Waals surface area (Å²) in [5.41, 5.74) is 3.41. The van der Waals surface area contributed by atoms with Gasteiger partial charge in [-0.3, -0.25) is 0 Å². The third kappa shape index (κ3) is 4.58. The standard InChI is InChI=1S/C22H21BrO3/c1-24-19-10-6-9-17(12-19)11-18-13-22(21(25-2)14-20(18)23)26-15-16-7-4-3-5-8-16/h3-10,12-14H,11,15H2,1-2H3. The van der Waals surface area contributed by atoms with Crippen LogP contribution in [0.5, 0.6) is 17.2 Å². The van der Waals surface area contributed by atoms with Crippen LogP contribution in [0.2, 0.25) is 0 Å². The molecule has 0 aliphatic carbocycles. The van der Waals surface area contributed by atoms with Crippen molar-refractivity contribution in [1.29, 1.82) is 0 Å². The molecular weight excluding hydrogens is 392 g/mol. The number of hydrogen-bond donors (Lipinski definition) is 0. The molecular formula is C22H21BrO3. The molecule has 0 aromatic heterocycles. The van der Waals surface area contributed by atoms with Crippen LogP contribution in [-0.4, -0.2) is 14.2 Å². The first-order valence-corrected chi connectivity index (χ1v) is 9.15. The van der Waals surface area contributed by atoms with Gasteiger partial charge in [-0.1, -0.05) is 58.4 Å². The Labute approximate surface area is 162 Å².